The van der Waals surface area contributed by atoms with E-state index in [1.807, 2.05) is 50.2 Å². The largest absolute Gasteiger partial charge is 0.496 e. The fourth-order valence-corrected chi connectivity index (χ4v) is 3.41. The van der Waals surface area contributed by atoms with Gasteiger partial charge in [-0.3, -0.25) is 10.2 Å². The molecule has 0 atom stereocenters. The number of rotatable bonds is 6. The Morgan fingerprint density at radius 2 is 2.03 bits per heavy atom. The molecule has 2 heterocycles. The number of fused-ring (bicyclic) bond motifs is 1. The molecule has 156 valence electrons. The lowest BCUT2D eigenvalue weighted by Gasteiger charge is -2.27. The number of hydrogen-bond donors (Lipinski definition) is 2. The van der Waals surface area contributed by atoms with E-state index in [2.05, 4.69) is 36.6 Å². The zero-order valence-electron chi connectivity index (χ0n) is 17.5. The van der Waals surface area contributed by atoms with Crippen LogP contribution in [-0.4, -0.2) is 47.9 Å². The molecule has 2 N–H and O–H groups in total. The van der Waals surface area contributed by atoms with Crippen LogP contribution in [0.4, 0.5) is 5.95 Å². The zero-order chi connectivity index (χ0) is 20.9. The molecule has 8 heteroatoms. The van der Waals surface area contributed by atoms with Gasteiger partial charge in [-0.1, -0.05) is 18.2 Å². The van der Waals surface area contributed by atoms with Crippen molar-refractivity contribution in [3.63, 3.8) is 0 Å². The van der Waals surface area contributed by atoms with Crippen molar-refractivity contribution in [2.24, 2.45) is 4.99 Å². The summed E-state index contributed by atoms with van der Waals surface area (Å²) in [7, 11) is 1.69. The minimum atomic E-state index is 0.522. The van der Waals surface area contributed by atoms with Crippen LogP contribution in [0.25, 0.3) is 10.9 Å². The summed E-state index contributed by atoms with van der Waals surface area (Å²) in [5.41, 5.74) is 2.88. The van der Waals surface area contributed by atoms with Crippen LogP contribution in [0.1, 0.15) is 18.2 Å². The van der Waals surface area contributed by atoms with Gasteiger partial charge in [-0.2, -0.15) is 0 Å². The van der Waals surface area contributed by atoms with Gasteiger partial charge in [0.15, 0.2) is 0 Å². The van der Waals surface area contributed by atoms with Gasteiger partial charge < -0.3 is 14.8 Å². The molecular formula is C22H26N6O2. The number of hydrogen-bond acceptors (Lipinski definition) is 8. The predicted molar refractivity (Wildman–Crippen MR) is 118 cm³/mol. The molecule has 30 heavy (non-hydrogen) atoms. The second kappa shape index (κ2) is 8.96. The maximum absolute atomic E-state index is 5.58. The highest BCUT2D eigenvalue weighted by molar-refractivity contribution is 5.93. The molecule has 2 aromatic carbocycles. The molecule has 1 aromatic heterocycles. The van der Waals surface area contributed by atoms with Crippen LogP contribution in [-0.2, 0) is 6.54 Å². The van der Waals surface area contributed by atoms with Gasteiger partial charge in [0.1, 0.15) is 11.5 Å². The zero-order valence-corrected chi connectivity index (χ0v) is 17.5. The smallest absolute Gasteiger partial charge is 0.230 e. The van der Waals surface area contributed by atoms with Crippen molar-refractivity contribution < 1.29 is 9.47 Å². The number of ether oxygens (including phenoxy) is 2. The molecule has 0 saturated heterocycles. The molecule has 0 radical (unpaired) electrons. The molecule has 1 aliphatic heterocycles. The Hall–Kier alpha value is -3.39. The van der Waals surface area contributed by atoms with E-state index in [1.165, 1.54) is 0 Å². The summed E-state index contributed by atoms with van der Waals surface area (Å²) in [4.78, 5) is 16.0. The van der Waals surface area contributed by atoms with Crippen molar-refractivity contribution in [3.8, 4) is 11.5 Å². The molecule has 0 amide bonds. The van der Waals surface area contributed by atoms with Gasteiger partial charge in [-0.15, -0.1) is 0 Å². The normalized spacial score (nSPS) is 14.2. The first-order chi connectivity index (χ1) is 14.7. The molecule has 0 unspecified atom stereocenters. The first kappa shape index (κ1) is 19.9. The minimum absolute atomic E-state index is 0.522. The van der Waals surface area contributed by atoms with E-state index >= 15 is 0 Å². The van der Waals surface area contributed by atoms with Gasteiger partial charge in [0, 0.05) is 17.5 Å². The van der Waals surface area contributed by atoms with E-state index < -0.39 is 0 Å². The lowest BCUT2D eigenvalue weighted by Crippen LogP contribution is -2.45. The molecule has 3 aromatic rings. The van der Waals surface area contributed by atoms with Crippen molar-refractivity contribution in [2.45, 2.75) is 20.4 Å². The number of methoxy groups -OCH3 is 1. The minimum Gasteiger partial charge on any atom is -0.496 e. The molecule has 0 spiro atoms. The molecule has 0 saturated carbocycles. The Bertz CT molecular complexity index is 1070. The molecule has 4 rings (SSSR count). The highest BCUT2D eigenvalue weighted by atomic mass is 16.5. The van der Waals surface area contributed by atoms with Crippen LogP contribution in [0.5, 0.6) is 11.5 Å². The Morgan fingerprint density at radius 3 is 2.80 bits per heavy atom. The van der Waals surface area contributed by atoms with Crippen molar-refractivity contribution in [2.75, 3.05) is 32.4 Å². The quantitative estimate of drug-likeness (QED) is 0.651. The Morgan fingerprint density at radius 1 is 1.17 bits per heavy atom. The van der Waals surface area contributed by atoms with Crippen molar-refractivity contribution in [3.05, 3.63) is 53.7 Å². The molecule has 0 aliphatic carbocycles. The van der Waals surface area contributed by atoms with Crippen molar-refractivity contribution in [1.82, 2.24) is 20.2 Å². The number of benzene rings is 2. The summed E-state index contributed by atoms with van der Waals surface area (Å²) < 4.78 is 11.0. The molecule has 0 bridgehead atoms. The molecule has 1 aliphatic rings. The summed E-state index contributed by atoms with van der Waals surface area (Å²) >= 11 is 0. The van der Waals surface area contributed by atoms with E-state index in [0.717, 1.165) is 40.2 Å². The van der Waals surface area contributed by atoms with Gasteiger partial charge in [-0.05, 0) is 38.1 Å². The van der Waals surface area contributed by atoms with Crippen molar-refractivity contribution >= 4 is 22.8 Å². The summed E-state index contributed by atoms with van der Waals surface area (Å²) in [6.45, 7) is 6.55. The van der Waals surface area contributed by atoms with Crippen LogP contribution < -0.4 is 20.1 Å². The first-order valence-corrected chi connectivity index (χ1v) is 9.97. The monoisotopic (exact) mass is 406 g/mol. The fourth-order valence-electron chi connectivity index (χ4n) is 3.41. The van der Waals surface area contributed by atoms with Crippen LogP contribution in [0.15, 0.2) is 47.5 Å². The number of guanidine groups is 1. The topological polar surface area (TPSA) is 83.9 Å². The van der Waals surface area contributed by atoms with Crippen molar-refractivity contribution in [1.29, 1.82) is 0 Å². The summed E-state index contributed by atoms with van der Waals surface area (Å²) in [5.74, 6) is 2.90. The summed E-state index contributed by atoms with van der Waals surface area (Å²) in [5, 5.41) is 7.47. The number of para-hydroxylation sites is 1. The lowest BCUT2D eigenvalue weighted by atomic mass is 10.2. The maximum Gasteiger partial charge on any atom is 0.230 e. The van der Waals surface area contributed by atoms with Gasteiger partial charge >= 0.3 is 0 Å². The number of anilines is 1. The number of nitrogens with one attached hydrogen (secondary N) is 2. The lowest BCUT2D eigenvalue weighted by molar-refractivity contribution is 0.252. The third-order valence-corrected chi connectivity index (χ3v) is 4.88. The number of aromatic nitrogens is 2. The first-order valence-electron chi connectivity index (χ1n) is 9.97. The Balaban J connectivity index is 1.43. The SMILES string of the molecule is CCOc1ccc2nc(NC3=NCN(Cc4ccccc4OC)CN3)nc(C)c2c1. The highest BCUT2D eigenvalue weighted by Crippen LogP contribution is 2.23. The van der Waals surface area contributed by atoms with Gasteiger partial charge in [0.05, 0.1) is 38.3 Å². The third-order valence-electron chi connectivity index (χ3n) is 4.88. The van der Waals surface area contributed by atoms with Crippen LogP contribution in [0.3, 0.4) is 0 Å². The predicted octanol–water partition coefficient (Wildman–Crippen LogP) is 3.13. The van der Waals surface area contributed by atoms with Gasteiger partial charge in [0.25, 0.3) is 0 Å². The summed E-state index contributed by atoms with van der Waals surface area (Å²) in [6, 6.07) is 13.9. The van der Waals surface area contributed by atoms with E-state index in [1.54, 1.807) is 7.11 Å². The summed E-state index contributed by atoms with van der Waals surface area (Å²) in [6.07, 6.45) is 0. The fraction of sp³-hybridized carbons (Fsp3) is 0.318. The number of aryl methyl sites for hydroxylation is 1. The maximum atomic E-state index is 5.58. The molecule has 8 nitrogen and oxygen atoms in total. The van der Waals surface area contributed by atoms with E-state index in [4.69, 9.17) is 9.47 Å². The van der Waals surface area contributed by atoms with Crippen LogP contribution in [0.2, 0.25) is 0 Å². The third kappa shape index (κ3) is 4.44. The van der Waals surface area contributed by atoms with Gasteiger partial charge in [-0.25, -0.2) is 15.0 Å². The average Bonchev–Trinajstić information content (AvgIpc) is 2.76. The molecular weight excluding hydrogens is 380 g/mol. The van der Waals surface area contributed by atoms with E-state index in [0.29, 0.717) is 31.9 Å². The van der Waals surface area contributed by atoms with Crippen LogP contribution in [0, 0.1) is 6.92 Å². The van der Waals surface area contributed by atoms with E-state index in [-0.39, 0.29) is 0 Å². The van der Waals surface area contributed by atoms with Gasteiger partial charge in [0.2, 0.25) is 11.9 Å². The van der Waals surface area contributed by atoms with E-state index in [9.17, 15) is 0 Å². The van der Waals surface area contributed by atoms with Crippen LogP contribution >= 0.6 is 0 Å². The number of aliphatic imine (C=N–C) groups is 1. The Labute approximate surface area is 176 Å². The Kier molecular flexibility index (Phi) is 5.94. The second-order valence-electron chi connectivity index (χ2n) is 6.99. The second-order valence-corrected chi connectivity index (χ2v) is 6.99. The standard InChI is InChI=1S/C22H26N6O2/c1-4-30-17-9-10-19-18(11-17)15(2)25-22(26-19)27-21-23-13-28(14-24-21)12-16-7-5-6-8-20(16)29-3/h5-11H,4,12-14H2,1-3H3,(H2,23,24,25,26,27). The molecule has 0 fully saturated rings. The number of nitrogens with zero attached hydrogens (tertiary/aromatic N) is 4. The average molecular weight is 406 g/mol. The highest BCUT2D eigenvalue weighted by Gasteiger charge is 2.15.